The van der Waals surface area contributed by atoms with Crippen molar-refractivity contribution < 1.29 is 18.7 Å². The second kappa shape index (κ2) is 9.23. The lowest BCUT2D eigenvalue weighted by molar-refractivity contribution is -0.651. The van der Waals surface area contributed by atoms with Crippen molar-refractivity contribution in [1.82, 2.24) is 0 Å². The fraction of sp³-hybridized carbons (Fsp3) is 0.133. The Morgan fingerprint density at radius 1 is 0.583 bits per heavy atom. The highest BCUT2D eigenvalue weighted by Gasteiger charge is 2.14. The molecule has 0 saturated carbocycles. The number of aromatic nitrogens is 2. The zero-order valence-corrected chi connectivity index (χ0v) is 20.8. The molecule has 6 heteroatoms. The minimum atomic E-state index is -0.269. The van der Waals surface area contributed by atoms with Gasteiger partial charge < -0.3 is 10.6 Å². The lowest BCUT2D eigenvalue weighted by Crippen LogP contribution is -2.32. The third-order valence-corrected chi connectivity index (χ3v) is 6.75. The van der Waals surface area contributed by atoms with E-state index in [1.54, 1.807) is 24.3 Å². The first-order valence-electron chi connectivity index (χ1n) is 11.8. The number of benzene rings is 3. The van der Waals surface area contributed by atoms with Gasteiger partial charge in [0, 0.05) is 71.4 Å². The number of carbonyl (C=O) groups is 2. The summed E-state index contributed by atoms with van der Waals surface area (Å²) in [4.78, 5) is 25.9. The van der Waals surface area contributed by atoms with Crippen molar-refractivity contribution in [3.63, 3.8) is 0 Å². The molecule has 0 aliphatic heterocycles. The Morgan fingerprint density at radius 3 is 1.47 bits per heavy atom. The van der Waals surface area contributed by atoms with E-state index >= 15 is 0 Å². The van der Waals surface area contributed by atoms with Gasteiger partial charge in [0.25, 0.3) is 11.8 Å². The number of anilines is 2. The molecule has 0 saturated heterocycles. The molecule has 2 aromatic heterocycles. The van der Waals surface area contributed by atoms with Crippen LogP contribution >= 0.6 is 0 Å². The van der Waals surface area contributed by atoms with Crippen molar-refractivity contribution >= 4 is 45.0 Å². The predicted octanol–water partition coefficient (Wildman–Crippen LogP) is 4.76. The van der Waals surface area contributed by atoms with Gasteiger partial charge in [0.1, 0.15) is 14.1 Å². The van der Waals surface area contributed by atoms with Gasteiger partial charge in [-0.2, -0.15) is 9.13 Å². The third kappa shape index (κ3) is 4.41. The molecular formula is C30H28N4O2+2. The van der Waals surface area contributed by atoms with Crippen molar-refractivity contribution in [2.75, 3.05) is 10.6 Å². The standard InChI is InChI=1S/C30H26N4O2/c1-19-8-10-21-17-25(12-14-27(21)33(19)3)31-29(35)23-6-5-7-24(16-23)30(36)32-26-13-15-28-22(18-26)11-9-20(2)34(28)4/h5-18H,1-4H3/p+2. The van der Waals surface area contributed by atoms with Crippen LogP contribution in [0.3, 0.4) is 0 Å². The quantitative estimate of drug-likeness (QED) is 0.367. The van der Waals surface area contributed by atoms with Crippen molar-refractivity contribution in [3.05, 3.63) is 107 Å². The van der Waals surface area contributed by atoms with Crippen LogP contribution < -0.4 is 19.8 Å². The van der Waals surface area contributed by atoms with Gasteiger partial charge in [-0.1, -0.05) is 6.07 Å². The van der Waals surface area contributed by atoms with E-state index in [-0.39, 0.29) is 11.8 Å². The molecule has 5 aromatic rings. The van der Waals surface area contributed by atoms with Crippen molar-refractivity contribution in [3.8, 4) is 0 Å². The molecule has 0 unspecified atom stereocenters. The van der Waals surface area contributed by atoms with Crippen LogP contribution in [0.25, 0.3) is 21.8 Å². The van der Waals surface area contributed by atoms with Gasteiger partial charge in [-0.15, -0.1) is 0 Å². The summed E-state index contributed by atoms with van der Waals surface area (Å²) in [5.41, 5.74) is 6.71. The summed E-state index contributed by atoms with van der Waals surface area (Å²) >= 11 is 0. The monoisotopic (exact) mass is 476 g/mol. The zero-order chi connectivity index (χ0) is 25.4. The molecule has 3 aromatic carbocycles. The number of nitrogens with one attached hydrogen (secondary N) is 2. The molecule has 178 valence electrons. The van der Waals surface area contributed by atoms with Crippen LogP contribution in [0.1, 0.15) is 32.1 Å². The van der Waals surface area contributed by atoms with E-state index in [9.17, 15) is 9.59 Å². The molecule has 2 amide bonds. The average molecular weight is 477 g/mol. The number of fused-ring (bicyclic) bond motifs is 2. The Bertz CT molecular complexity index is 1550. The fourth-order valence-corrected chi connectivity index (χ4v) is 4.37. The molecule has 0 radical (unpaired) electrons. The lowest BCUT2D eigenvalue weighted by atomic mass is 10.1. The van der Waals surface area contributed by atoms with E-state index < -0.39 is 0 Å². The van der Waals surface area contributed by atoms with Crippen molar-refractivity contribution in [1.29, 1.82) is 0 Å². The summed E-state index contributed by atoms with van der Waals surface area (Å²) in [7, 11) is 4.04. The van der Waals surface area contributed by atoms with Crippen LogP contribution in [-0.4, -0.2) is 11.8 Å². The number of hydrogen-bond donors (Lipinski definition) is 2. The van der Waals surface area contributed by atoms with Gasteiger partial charge >= 0.3 is 0 Å². The number of carbonyl (C=O) groups excluding carboxylic acids is 2. The Kier molecular flexibility index (Phi) is 5.94. The summed E-state index contributed by atoms with van der Waals surface area (Å²) in [5, 5.41) is 7.97. The summed E-state index contributed by atoms with van der Waals surface area (Å²) in [6.07, 6.45) is 0. The van der Waals surface area contributed by atoms with E-state index in [4.69, 9.17) is 0 Å². The molecular weight excluding hydrogens is 448 g/mol. The Morgan fingerprint density at radius 2 is 1.03 bits per heavy atom. The molecule has 5 rings (SSSR count). The average Bonchev–Trinajstić information content (AvgIpc) is 2.88. The molecule has 0 bridgehead atoms. The van der Waals surface area contributed by atoms with Crippen LogP contribution in [0.5, 0.6) is 0 Å². The zero-order valence-electron chi connectivity index (χ0n) is 20.8. The number of hydrogen-bond acceptors (Lipinski definition) is 2. The highest BCUT2D eigenvalue weighted by atomic mass is 16.2. The van der Waals surface area contributed by atoms with E-state index in [1.807, 2.05) is 74.8 Å². The summed E-state index contributed by atoms with van der Waals surface area (Å²) in [6.45, 7) is 4.11. The van der Waals surface area contributed by atoms with E-state index in [0.717, 1.165) is 33.2 Å². The topological polar surface area (TPSA) is 66.0 Å². The van der Waals surface area contributed by atoms with Gasteiger partial charge in [0.2, 0.25) is 11.0 Å². The number of pyridine rings is 2. The number of amides is 2. The second-order valence-electron chi connectivity index (χ2n) is 9.10. The first-order valence-corrected chi connectivity index (χ1v) is 11.8. The molecule has 0 spiro atoms. The van der Waals surface area contributed by atoms with E-state index in [2.05, 4.69) is 33.6 Å². The van der Waals surface area contributed by atoms with Crippen molar-refractivity contribution in [2.45, 2.75) is 13.8 Å². The molecule has 2 heterocycles. The fourth-order valence-electron chi connectivity index (χ4n) is 4.37. The third-order valence-electron chi connectivity index (χ3n) is 6.75. The highest BCUT2D eigenvalue weighted by molar-refractivity contribution is 6.09. The number of nitrogens with zero attached hydrogens (tertiary/aromatic N) is 2. The maximum absolute atomic E-state index is 13.0. The summed E-state index contributed by atoms with van der Waals surface area (Å²) in [5.74, 6) is -0.539. The van der Waals surface area contributed by atoms with Gasteiger partial charge in [0.05, 0.1) is 0 Å². The normalized spacial score (nSPS) is 11.0. The summed E-state index contributed by atoms with van der Waals surface area (Å²) in [6, 6.07) is 26.6. The molecule has 36 heavy (non-hydrogen) atoms. The first-order chi connectivity index (χ1) is 17.3. The van der Waals surface area contributed by atoms with E-state index in [0.29, 0.717) is 22.5 Å². The number of rotatable bonds is 4. The smallest absolute Gasteiger partial charge is 0.255 e. The van der Waals surface area contributed by atoms with Gasteiger partial charge in [0.15, 0.2) is 11.4 Å². The molecule has 0 aliphatic rings. The molecule has 0 fully saturated rings. The van der Waals surface area contributed by atoms with Gasteiger partial charge in [-0.25, -0.2) is 0 Å². The van der Waals surface area contributed by atoms with E-state index in [1.165, 1.54) is 0 Å². The minimum Gasteiger partial charge on any atom is -0.322 e. The minimum absolute atomic E-state index is 0.269. The molecule has 6 nitrogen and oxygen atoms in total. The van der Waals surface area contributed by atoms with Gasteiger partial charge in [-0.05, 0) is 54.6 Å². The van der Waals surface area contributed by atoms with Crippen LogP contribution in [0.4, 0.5) is 11.4 Å². The molecule has 2 N–H and O–H groups in total. The van der Waals surface area contributed by atoms with Crippen LogP contribution in [0.2, 0.25) is 0 Å². The lowest BCUT2D eigenvalue weighted by Gasteiger charge is -2.09. The van der Waals surface area contributed by atoms with Gasteiger partial charge in [-0.3, -0.25) is 9.59 Å². The molecule has 0 aliphatic carbocycles. The number of aryl methyl sites for hydroxylation is 4. The molecule has 0 atom stereocenters. The highest BCUT2D eigenvalue weighted by Crippen LogP contribution is 2.20. The van der Waals surface area contributed by atoms with Crippen LogP contribution in [0, 0.1) is 13.8 Å². The Hall–Kier alpha value is -4.58. The van der Waals surface area contributed by atoms with Crippen LogP contribution in [0.15, 0.2) is 84.9 Å². The first kappa shape index (κ1) is 23.2. The maximum atomic E-state index is 13.0. The summed E-state index contributed by atoms with van der Waals surface area (Å²) < 4.78 is 4.22. The maximum Gasteiger partial charge on any atom is 0.255 e. The second-order valence-corrected chi connectivity index (χ2v) is 9.10. The largest absolute Gasteiger partial charge is 0.322 e. The van der Waals surface area contributed by atoms with Crippen molar-refractivity contribution in [2.24, 2.45) is 14.1 Å². The Labute approximate surface area is 209 Å². The van der Waals surface area contributed by atoms with Crippen LogP contribution in [-0.2, 0) is 14.1 Å². The predicted molar refractivity (Wildman–Crippen MR) is 142 cm³/mol. The Balaban J connectivity index is 1.33. The SMILES string of the molecule is Cc1ccc2cc(NC(=O)c3cccc(C(=O)Nc4ccc5c(ccc(C)[n+]5C)c4)c3)ccc2[n+]1C.